The molecule has 0 spiro atoms. The lowest BCUT2D eigenvalue weighted by Crippen LogP contribution is -2.46. The molecule has 0 fully saturated rings. The van der Waals surface area contributed by atoms with E-state index in [2.05, 4.69) is 15.6 Å². The molecule has 2 amide bonds. The third-order valence-corrected chi connectivity index (χ3v) is 2.41. The number of urea groups is 1. The molecule has 96 valence electrons. The second-order valence-electron chi connectivity index (χ2n) is 5.23. The summed E-state index contributed by atoms with van der Waals surface area (Å²) < 4.78 is 1.96. The Kier molecular flexibility index (Phi) is 3.23. The maximum Gasteiger partial charge on any atom is 0.315 e. The van der Waals surface area contributed by atoms with E-state index in [9.17, 15) is 4.79 Å². The first-order chi connectivity index (χ1) is 8.46. The Hall–Kier alpha value is -2.04. The minimum Gasteiger partial charge on any atom is -0.334 e. The number of nitrogens with one attached hydrogen (secondary N) is 2. The van der Waals surface area contributed by atoms with Gasteiger partial charge >= 0.3 is 6.03 Å². The van der Waals surface area contributed by atoms with Crippen LogP contribution in [0.3, 0.4) is 0 Å². The Labute approximate surface area is 106 Å². The number of hydrogen-bond donors (Lipinski definition) is 2. The van der Waals surface area contributed by atoms with E-state index in [0.717, 1.165) is 11.3 Å². The molecule has 0 radical (unpaired) electrons. The molecule has 2 rings (SSSR count). The minimum atomic E-state index is -0.237. The number of imidazole rings is 1. The second-order valence-corrected chi connectivity index (χ2v) is 5.23. The zero-order valence-electron chi connectivity index (χ0n) is 10.9. The monoisotopic (exact) mass is 246 g/mol. The minimum absolute atomic E-state index is 0.185. The summed E-state index contributed by atoms with van der Waals surface area (Å²) in [6, 6.07) is 5.69. The van der Waals surface area contributed by atoms with Gasteiger partial charge in [-0.05, 0) is 32.9 Å². The SMILES string of the molecule is CC(C)(C)NC(=O)NCc1ncc2ccccn12. The van der Waals surface area contributed by atoms with E-state index >= 15 is 0 Å². The molecular weight excluding hydrogens is 228 g/mol. The standard InChI is InChI=1S/C13H18N4O/c1-13(2,3)16-12(18)15-9-11-14-8-10-6-4-5-7-17(10)11/h4-8H,9H2,1-3H3,(H2,15,16,18). The van der Waals surface area contributed by atoms with E-state index in [1.165, 1.54) is 0 Å². The van der Waals surface area contributed by atoms with Gasteiger partial charge in [-0.1, -0.05) is 6.07 Å². The van der Waals surface area contributed by atoms with Gasteiger partial charge < -0.3 is 15.0 Å². The topological polar surface area (TPSA) is 58.4 Å². The van der Waals surface area contributed by atoms with Crippen molar-refractivity contribution in [2.75, 3.05) is 0 Å². The highest BCUT2D eigenvalue weighted by atomic mass is 16.2. The molecule has 18 heavy (non-hydrogen) atoms. The molecule has 0 atom stereocenters. The van der Waals surface area contributed by atoms with Crippen LogP contribution in [-0.4, -0.2) is 21.0 Å². The summed E-state index contributed by atoms with van der Waals surface area (Å²) >= 11 is 0. The first kappa shape index (κ1) is 12.4. The van der Waals surface area contributed by atoms with Gasteiger partial charge in [0.05, 0.1) is 18.3 Å². The van der Waals surface area contributed by atoms with Crippen LogP contribution >= 0.6 is 0 Å². The van der Waals surface area contributed by atoms with E-state index in [1.807, 2.05) is 49.6 Å². The van der Waals surface area contributed by atoms with Crippen LogP contribution in [0.5, 0.6) is 0 Å². The number of nitrogens with zero attached hydrogens (tertiary/aromatic N) is 2. The summed E-state index contributed by atoms with van der Waals surface area (Å²) in [6.07, 6.45) is 3.72. The maximum atomic E-state index is 11.6. The predicted octanol–water partition coefficient (Wildman–Crippen LogP) is 1.93. The summed E-state index contributed by atoms with van der Waals surface area (Å²) in [5.74, 6) is 0.814. The van der Waals surface area contributed by atoms with Crippen molar-refractivity contribution in [1.29, 1.82) is 0 Å². The summed E-state index contributed by atoms with van der Waals surface area (Å²) in [5, 5.41) is 5.64. The Morgan fingerprint density at radius 1 is 1.39 bits per heavy atom. The van der Waals surface area contributed by atoms with Crippen molar-refractivity contribution in [3.63, 3.8) is 0 Å². The Bertz CT molecular complexity index is 553. The lowest BCUT2D eigenvalue weighted by atomic mass is 10.1. The van der Waals surface area contributed by atoms with Crippen LogP contribution in [0.1, 0.15) is 26.6 Å². The highest BCUT2D eigenvalue weighted by molar-refractivity contribution is 5.74. The molecular formula is C13H18N4O. The lowest BCUT2D eigenvalue weighted by Gasteiger charge is -2.20. The zero-order valence-corrected chi connectivity index (χ0v) is 10.9. The van der Waals surface area contributed by atoms with E-state index in [1.54, 1.807) is 6.20 Å². The molecule has 0 unspecified atom stereocenters. The zero-order chi connectivity index (χ0) is 13.2. The van der Waals surface area contributed by atoms with E-state index < -0.39 is 0 Å². The quantitative estimate of drug-likeness (QED) is 0.850. The van der Waals surface area contributed by atoms with Crippen LogP contribution in [-0.2, 0) is 6.54 Å². The third-order valence-electron chi connectivity index (χ3n) is 2.41. The molecule has 5 heteroatoms. The van der Waals surface area contributed by atoms with Crippen molar-refractivity contribution < 1.29 is 4.79 Å². The Balaban J connectivity index is 2.00. The largest absolute Gasteiger partial charge is 0.334 e. The number of pyridine rings is 1. The van der Waals surface area contributed by atoms with E-state index in [0.29, 0.717) is 6.54 Å². The number of aromatic nitrogens is 2. The van der Waals surface area contributed by atoms with Gasteiger partial charge in [-0.3, -0.25) is 0 Å². The number of amides is 2. The van der Waals surface area contributed by atoms with Crippen molar-refractivity contribution in [3.8, 4) is 0 Å². The number of hydrogen-bond acceptors (Lipinski definition) is 2. The molecule has 2 aromatic rings. The fourth-order valence-corrected chi connectivity index (χ4v) is 1.67. The number of fused-ring (bicyclic) bond motifs is 1. The van der Waals surface area contributed by atoms with Gasteiger partial charge in [-0.25, -0.2) is 9.78 Å². The summed E-state index contributed by atoms with van der Waals surface area (Å²) in [5.41, 5.74) is 0.782. The molecule has 0 aliphatic carbocycles. The predicted molar refractivity (Wildman–Crippen MR) is 70.3 cm³/mol. The maximum absolute atomic E-state index is 11.6. The summed E-state index contributed by atoms with van der Waals surface area (Å²) in [7, 11) is 0. The van der Waals surface area contributed by atoms with Crippen molar-refractivity contribution in [1.82, 2.24) is 20.0 Å². The number of carbonyl (C=O) groups excluding carboxylic acids is 1. The summed E-state index contributed by atoms with van der Waals surface area (Å²) in [6.45, 7) is 6.23. The molecule has 0 aliphatic heterocycles. The highest BCUT2D eigenvalue weighted by Crippen LogP contribution is 2.05. The smallest absolute Gasteiger partial charge is 0.315 e. The Morgan fingerprint density at radius 3 is 2.89 bits per heavy atom. The average molecular weight is 246 g/mol. The fourth-order valence-electron chi connectivity index (χ4n) is 1.67. The molecule has 0 bridgehead atoms. The Morgan fingerprint density at radius 2 is 2.17 bits per heavy atom. The van der Waals surface area contributed by atoms with E-state index in [-0.39, 0.29) is 11.6 Å². The van der Waals surface area contributed by atoms with Gasteiger partial charge in [-0.2, -0.15) is 0 Å². The van der Waals surface area contributed by atoms with Crippen LogP contribution < -0.4 is 10.6 Å². The van der Waals surface area contributed by atoms with Gasteiger partial charge in [0.1, 0.15) is 5.82 Å². The second kappa shape index (κ2) is 4.68. The van der Waals surface area contributed by atoms with Crippen LogP contribution in [0.2, 0.25) is 0 Å². The molecule has 0 saturated heterocycles. The molecule has 2 N–H and O–H groups in total. The molecule has 2 aromatic heterocycles. The fraction of sp³-hybridized carbons (Fsp3) is 0.385. The van der Waals surface area contributed by atoms with Gasteiger partial charge in [0.2, 0.25) is 0 Å². The van der Waals surface area contributed by atoms with Crippen LogP contribution in [0.15, 0.2) is 30.6 Å². The van der Waals surface area contributed by atoms with Crippen molar-refractivity contribution >= 4 is 11.5 Å². The first-order valence-electron chi connectivity index (χ1n) is 5.93. The van der Waals surface area contributed by atoms with Gasteiger partial charge in [0.15, 0.2) is 0 Å². The summed E-state index contributed by atoms with van der Waals surface area (Å²) in [4.78, 5) is 15.9. The van der Waals surface area contributed by atoms with Crippen molar-refractivity contribution in [2.45, 2.75) is 32.9 Å². The number of rotatable bonds is 2. The lowest BCUT2D eigenvalue weighted by molar-refractivity contribution is 0.231. The highest BCUT2D eigenvalue weighted by Gasteiger charge is 2.13. The van der Waals surface area contributed by atoms with Crippen LogP contribution in [0.4, 0.5) is 4.79 Å². The van der Waals surface area contributed by atoms with Crippen LogP contribution in [0.25, 0.3) is 5.52 Å². The molecule has 5 nitrogen and oxygen atoms in total. The first-order valence-corrected chi connectivity index (χ1v) is 5.93. The molecule has 0 aliphatic rings. The molecule has 2 heterocycles. The van der Waals surface area contributed by atoms with E-state index in [4.69, 9.17) is 0 Å². The van der Waals surface area contributed by atoms with Crippen molar-refractivity contribution in [2.24, 2.45) is 0 Å². The molecule has 0 saturated carbocycles. The normalized spacial score (nSPS) is 11.5. The molecule has 0 aromatic carbocycles. The van der Waals surface area contributed by atoms with Crippen LogP contribution in [0, 0.1) is 0 Å². The van der Waals surface area contributed by atoms with Gasteiger partial charge in [0.25, 0.3) is 0 Å². The van der Waals surface area contributed by atoms with Crippen molar-refractivity contribution in [3.05, 3.63) is 36.4 Å². The van der Waals surface area contributed by atoms with Gasteiger partial charge in [0, 0.05) is 11.7 Å². The third kappa shape index (κ3) is 3.00. The van der Waals surface area contributed by atoms with Gasteiger partial charge in [-0.15, -0.1) is 0 Å². The number of carbonyl (C=O) groups is 1. The average Bonchev–Trinajstić information content (AvgIpc) is 2.67.